The molecule has 0 amide bonds. The van der Waals surface area contributed by atoms with E-state index >= 15 is 0 Å². The number of H-pyrrole nitrogens is 1. The Morgan fingerprint density at radius 1 is 1.67 bits per heavy atom. The van der Waals surface area contributed by atoms with Crippen molar-refractivity contribution in [3.63, 3.8) is 0 Å². The Balaban J connectivity index is 2.52. The van der Waals surface area contributed by atoms with E-state index in [1.807, 2.05) is 0 Å². The van der Waals surface area contributed by atoms with Crippen LogP contribution in [0.3, 0.4) is 0 Å². The van der Waals surface area contributed by atoms with Gasteiger partial charge in [-0.15, -0.1) is 0 Å². The van der Waals surface area contributed by atoms with Gasteiger partial charge in [-0.3, -0.25) is 5.10 Å². The molecule has 15 heavy (non-hydrogen) atoms. The summed E-state index contributed by atoms with van der Waals surface area (Å²) in [5, 5.41) is 16.6. The van der Waals surface area contributed by atoms with E-state index in [4.69, 9.17) is 4.74 Å². The molecule has 78 valence electrons. The molecule has 0 bridgehead atoms. The fourth-order valence-corrected chi connectivity index (χ4v) is 1.25. The second-order valence-electron chi connectivity index (χ2n) is 2.86. The molecule has 0 aromatic carbocycles. The topological polar surface area (TPSA) is 88.1 Å². The number of carbonyl (C=O) groups excluding carboxylic acids is 1. The van der Waals surface area contributed by atoms with Gasteiger partial charge in [-0.1, -0.05) is 0 Å². The highest BCUT2D eigenvalue weighted by atomic mass is 16.5. The molecule has 2 aromatic rings. The number of esters is 1. The van der Waals surface area contributed by atoms with Crippen molar-refractivity contribution in [2.24, 2.45) is 0 Å². The van der Waals surface area contributed by atoms with Crippen LogP contribution in [0.4, 0.5) is 0 Å². The van der Waals surface area contributed by atoms with Crippen molar-refractivity contribution in [3.05, 3.63) is 18.1 Å². The minimum atomic E-state index is -0.641. The van der Waals surface area contributed by atoms with Crippen LogP contribution in [-0.2, 0) is 4.74 Å². The van der Waals surface area contributed by atoms with Crippen LogP contribution in [-0.4, -0.2) is 32.9 Å². The van der Waals surface area contributed by atoms with Gasteiger partial charge in [0.05, 0.1) is 18.2 Å². The summed E-state index contributed by atoms with van der Waals surface area (Å²) in [4.78, 5) is 15.1. The number of aromatic hydroxyl groups is 1. The van der Waals surface area contributed by atoms with Gasteiger partial charge in [-0.05, 0) is 6.92 Å². The van der Waals surface area contributed by atoms with Crippen molar-refractivity contribution in [2.75, 3.05) is 6.61 Å². The summed E-state index contributed by atoms with van der Waals surface area (Å²) in [6.45, 7) is 1.93. The molecule has 2 aromatic heterocycles. The average Bonchev–Trinajstić information content (AvgIpc) is 2.67. The zero-order chi connectivity index (χ0) is 10.8. The van der Waals surface area contributed by atoms with Gasteiger partial charge in [-0.25, -0.2) is 9.78 Å². The molecule has 0 saturated heterocycles. The van der Waals surface area contributed by atoms with Gasteiger partial charge in [0, 0.05) is 6.20 Å². The second kappa shape index (κ2) is 3.56. The minimum Gasteiger partial charge on any atom is -0.505 e. The van der Waals surface area contributed by atoms with E-state index in [0.717, 1.165) is 0 Å². The molecule has 0 aliphatic heterocycles. The first-order valence-electron chi connectivity index (χ1n) is 4.42. The molecule has 0 radical (unpaired) electrons. The lowest BCUT2D eigenvalue weighted by Gasteiger charge is -2.02. The molecule has 0 saturated carbocycles. The number of aromatic amines is 1. The smallest absolute Gasteiger partial charge is 0.360 e. The Kier molecular flexibility index (Phi) is 2.24. The number of nitrogens with zero attached hydrogens (tertiary/aromatic N) is 2. The SMILES string of the molecule is CCOC(=O)c1ncc2n[nH]cc2c1O. The van der Waals surface area contributed by atoms with Crippen molar-refractivity contribution >= 4 is 16.9 Å². The van der Waals surface area contributed by atoms with Crippen LogP contribution in [0.5, 0.6) is 5.75 Å². The van der Waals surface area contributed by atoms with Gasteiger partial charge in [0.15, 0.2) is 11.4 Å². The molecule has 2 rings (SSSR count). The highest BCUT2D eigenvalue weighted by molar-refractivity contribution is 5.97. The fraction of sp³-hybridized carbons (Fsp3) is 0.222. The van der Waals surface area contributed by atoms with Gasteiger partial charge in [-0.2, -0.15) is 5.10 Å². The molecule has 6 heteroatoms. The van der Waals surface area contributed by atoms with Crippen molar-refractivity contribution in [2.45, 2.75) is 6.92 Å². The van der Waals surface area contributed by atoms with E-state index in [1.54, 1.807) is 6.92 Å². The predicted molar refractivity (Wildman–Crippen MR) is 51.5 cm³/mol. The quantitative estimate of drug-likeness (QED) is 0.712. The third kappa shape index (κ3) is 1.50. The third-order valence-corrected chi connectivity index (χ3v) is 1.93. The average molecular weight is 207 g/mol. The van der Waals surface area contributed by atoms with Crippen molar-refractivity contribution in [1.29, 1.82) is 0 Å². The monoisotopic (exact) mass is 207 g/mol. The van der Waals surface area contributed by atoms with E-state index in [1.165, 1.54) is 12.4 Å². The zero-order valence-corrected chi connectivity index (χ0v) is 8.02. The van der Waals surface area contributed by atoms with Crippen molar-refractivity contribution in [1.82, 2.24) is 15.2 Å². The summed E-state index contributed by atoms with van der Waals surface area (Å²) in [5.41, 5.74) is 0.409. The molecular weight excluding hydrogens is 198 g/mol. The molecule has 0 unspecified atom stereocenters. The van der Waals surface area contributed by atoms with E-state index in [-0.39, 0.29) is 18.1 Å². The lowest BCUT2D eigenvalue weighted by molar-refractivity contribution is 0.0516. The van der Waals surface area contributed by atoms with Crippen molar-refractivity contribution < 1.29 is 14.6 Å². The number of carbonyl (C=O) groups is 1. The Bertz CT molecular complexity index is 506. The molecule has 0 spiro atoms. The van der Waals surface area contributed by atoms with E-state index in [9.17, 15) is 9.90 Å². The minimum absolute atomic E-state index is 0.0919. The number of fused-ring (bicyclic) bond motifs is 1. The van der Waals surface area contributed by atoms with Crippen LogP contribution in [0.1, 0.15) is 17.4 Å². The third-order valence-electron chi connectivity index (χ3n) is 1.93. The summed E-state index contributed by atoms with van der Waals surface area (Å²) in [5.74, 6) is -0.849. The molecule has 0 atom stereocenters. The van der Waals surface area contributed by atoms with E-state index in [0.29, 0.717) is 10.9 Å². The number of rotatable bonds is 2. The van der Waals surface area contributed by atoms with Crippen LogP contribution in [0.2, 0.25) is 0 Å². The Hall–Kier alpha value is -2.11. The maximum atomic E-state index is 11.4. The summed E-state index contributed by atoms with van der Waals surface area (Å²) in [6.07, 6.45) is 2.90. The van der Waals surface area contributed by atoms with Crippen LogP contribution in [0.25, 0.3) is 10.9 Å². The van der Waals surface area contributed by atoms with Crippen molar-refractivity contribution in [3.8, 4) is 5.75 Å². The van der Waals surface area contributed by atoms with E-state index in [2.05, 4.69) is 15.2 Å². The lowest BCUT2D eigenvalue weighted by Crippen LogP contribution is -2.07. The van der Waals surface area contributed by atoms with Crippen LogP contribution in [0.15, 0.2) is 12.4 Å². The number of nitrogens with one attached hydrogen (secondary N) is 1. The molecule has 2 heterocycles. The molecular formula is C9H9N3O3. The molecule has 0 aliphatic rings. The largest absolute Gasteiger partial charge is 0.505 e. The summed E-state index contributed by atoms with van der Waals surface area (Å²) in [7, 11) is 0. The normalized spacial score (nSPS) is 10.5. The maximum Gasteiger partial charge on any atom is 0.360 e. The highest BCUT2D eigenvalue weighted by Crippen LogP contribution is 2.25. The van der Waals surface area contributed by atoms with E-state index < -0.39 is 5.97 Å². The zero-order valence-electron chi connectivity index (χ0n) is 8.02. The number of hydrogen-bond donors (Lipinski definition) is 2. The Morgan fingerprint density at radius 2 is 2.47 bits per heavy atom. The van der Waals surface area contributed by atoms with Crippen LogP contribution in [0, 0.1) is 0 Å². The number of ether oxygens (including phenoxy) is 1. The first kappa shape index (κ1) is 9.45. The Morgan fingerprint density at radius 3 is 3.20 bits per heavy atom. The first-order chi connectivity index (χ1) is 7.24. The summed E-state index contributed by atoms with van der Waals surface area (Å²) in [6, 6.07) is 0. The van der Waals surface area contributed by atoms with Gasteiger partial charge in [0.25, 0.3) is 0 Å². The number of pyridine rings is 1. The summed E-state index contributed by atoms with van der Waals surface area (Å²) >= 11 is 0. The first-order valence-corrected chi connectivity index (χ1v) is 4.42. The molecule has 0 fully saturated rings. The highest BCUT2D eigenvalue weighted by Gasteiger charge is 2.17. The van der Waals surface area contributed by atoms with Gasteiger partial charge >= 0.3 is 5.97 Å². The summed E-state index contributed by atoms with van der Waals surface area (Å²) < 4.78 is 4.74. The number of hydrogen-bond acceptors (Lipinski definition) is 5. The standard InChI is InChI=1S/C9H9N3O3/c1-2-15-9(14)7-8(13)5-3-11-12-6(5)4-10-7/h3-4,13H,2H2,1H3,(H,11,12). The maximum absolute atomic E-state index is 11.4. The lowest BCUT2D eigenvalue weighted by atomic mass is 10.2. The van der Waals surface area contributed by atoms with Gasteiger partial charge < -0.3 is 9.84 Å². The molecule has 0 aliphatic carbocycles. The molecule has 6 nitrogen and oxygen atoms in total. The molecule has 2 N–H and O–H groups in total. The van der Waals surface area contributed by atoms with Crippen LogP contribution >= 0.6 is 0 Å². The van der Waals surface area contributed by atoms with Gasteiger partial charge in [0.2, 0.25) is 0 Å². The van der Waals surface area contributed by atoms with Gasteiger partial charge in [0.1, 0.15) is 5.52 Å². The van der Waals surface area contributed by atoms with Crippen LogP contribution < -0.4 is 0 Å². The fourth-order valence-electron chi connectivity index (χ4n) is 1.25. The predicted octanol–water partition coefficient (Wildman–Crippen LogP) is 0.840. The second-order valence-corrected chi connectivity index (χ2v) is 2.86. The number of aromatic nitrogens is 3. The Labute approximate surface area is 84.9 Å².